The standard InChI is InChI=1S/C13H16BrN3O/c1-9(2)7-17-13(18)8-16-12-4-3-10(6-15)5-11(12)14/h3-5,9,16H,7-8H2,1-2H3,(H,17,18). The third kappa shape index (κ3) is 4.76. The van der Waals surface area contributed by atoms with E-state index in [-0.39, 0.29) is 12.5 Å². The smallest absolute Gasteiger partial charge is 0.239 e. The van der Waals surface area contributed by atoms with E-state index < -0.39 is 0 Å². The van der Waals surface area contributed by atoms with E-state index in [0.29, 0.717) is 18.0 Å². The van der Waals surface area contributed by atoms with E-state index in [0.717, 1.165) is 10.2 Å². The number of benzene rings is 1. The Morgan fingerprint density at radius 1 is 1.50 bits per heavy atom. The summed E-state index contributed by atoms with van der Waals surface area (Å²) in [5.41, 5.74) is 1.38. The van der Waals surface area contributed by atoms with Gasteiger partial charge in [-0.25, -0.2) is 0 Å². The molecule has 0 heterocycles. The summed E-state index contributed by atoms with van der Waals surface area (Å²) < 4.78 is 0.776. The Labute approximate surface area is 116 Å². The molecule has 0 fully saturated rings. The largest absolute Gasteiger partial charge is 0.375 e. The van der Waals surface area contributed by atoms with E-state index in [2.05, 4.69) is 32.6 Å². The molecule has 0 unspecified atom stereocenters. The van der Waals surface area contributed by atoms with Crippen LogP contribution >= 0.6 is 15.9 Å². The molecule has 0 aliphatic rings. The van der Waals surface area contributed by atoms with Gasteiger partial charge < -0.3 is 10.6 Å². The number of carbonyl (C=O) groups excluding carboxylic acids is 1. The van der Waals surface area contributed by atoms with Crippen LogP contribution in [0.4, 0.5) is 5.69 Å². The highest BCUT2D eigenvalue weighted by Crippen LogP contribution is 2.22. The maximum absolute atomic E-state index is 11.5. The number of halogens is 1. The van der Waals surface area contributed by atoms with E-state index >= 15 is 0 Å². The van der Waals surface area contributed by atoms with Crippen LogP contribution in [0, 0.1) is 17.2 Å². The lowest BCUT2D eigenvalue weighted by atomic mass is 10.2. The van der Waals surface area contributed by atoms with Gasteiger partial charge in [-0.1, -0.05) is 13.8 Å². The fourth-order valence-corrected chi connectivity index (χ4v) is 1.80. The average Bonchev–Trinajstić information content (AvgIpc) is 2.34. The molecule has 96 valence electrons. The molecule has 4 nitrogen and oxygen atoms in total. The molecule has 0 spiro atoms. The molecule has 1 aromatic carbocycles. The highest BCUT2D eigenvalue weighted by Gasteiger charge is 2.05. The topological polar surface area (TPSA) is 64.9 Å². The molecule has 0 bridgehead atoms. The fourth-order valence-electron chi connectivity index (χ4n) is 1.28. The zero-order valence-corrected chi connectivity index (χ0v) is 12.0. The van der Waals surface area contributed by atoms with Crippen LogP contribution in [-0.4, -0.2) is 19.0 Å². The zero-order chi connectivity index (χ0) is 13.5. The molecule has 0 radical (unpaired) electrons. The molecular weight excluding hydrogens is 294 g/mol. The predicted molar refractivity (Wildman–Crippen MR) is 75.2 cm³/mol. The van der Waals surface area contributed by atoms with Gasteiger partial charge in [0, 0.05) is 16.7 Å². The predicted octanol–water partition coefficient (Wildman–Crippen LogP) is 2.50. The summed E-state index contributed by atoms with van der Waals surface area (Å²) in [6.45, 7) is 4.99. The second kappa shape index (κ2) is 7.02. The van der Waals surface area contributed by atoms with E-state index in [4.69, 9.17) is 5.26 Å². The third-order valence-electron chi connectivity index (χ3n) is 2.25. The van der Waals surface area contributed by atoms with Crippen LogP contribution in [0.15, 0.2) is 22.7 Å². The van der Waals surface area contributed by atoms with Crippen molar-refractivity contribution in [2.75, 3.05) is 18.4 Å². The van der Waals surface area contributed by atoms with Gasteiger partial charge in [0.1, 0.15) is 0 Å². The van der Waals surface area contributed by atoms with Gasteiger partial charge in [0.2, 0.25) is 5.91 Å². The normalized spacial score (nSPS) is 9.94. The number of nitriles is 1. The van der Waals surface area contributed by atoms with Crippen LogP contribution in [0.1, 0.15) is 19.4 Å². The second-order valence-corrected chi connectivity index (χ2v) is 5.21. The highest BCUT2D eigenvalue weighted by molar-refractivity contribution is 9.10. The fraction of sp³-hybridized carbons (Fsp3) is 0.385. The minimum absolute atomic E-state index is 0.0417. The van der Waals surface area contributed by atoms with Crippen LogP contribution in [0.2, 0.25) is 0 Å². The summed E-state index contributed by atoms with van der Waals surface area (Å²) >= 11 is 3.35. The zero-order valence-electron chi connectivity index (χ0n) is 10.5. The summed E-state index contributed by atoms with van der Waals surface area (Å²) in [5.74, 6) is 0.399. The van der Waals surface area contributed by atoms with Crippen LogP contribution in [0.3, 0.4) is 0 Å². The van der Waals surface area contributed by atoms with Crippen molar-refractivity contribution >= 4 is 27.5 Å². The number of hydrogen-bond acceptors (Lipinski definition) is 3. The van der Waals surface area contributed by atoms with E-state index in [1.165, 1.54) is 0 Å². The molecule has 0 aromatic heterocycles. The van der Waals surface area contributed by atoms with Crippen molar-refractivity contribution in [2.24, 2.45) is 5.92 Å². The first kappa shape index (κ1) is 14.5. The summed E-state index contributed by atoms with van der Waals surface area (Å²) in [6.07, 6.45) is 0. The minimum atomic E-state index is -0.0417. The quantitative estimate of drug-likeness (QED) is 0.878. The Kier molecular flexibility index (Phi) is 5.66. The Balaban J connectivity index is 2.49. The number of rotatable bonds is 5. The number of hydrogen-bond donors (Lipinski definition) is 2. The summed E-state index contributed by atoms with van der Waals surface area (Å²) in [7, 11) is 0. The molecule has 0 atom stereocenters. The SMILES string of the molecule is CC(C)CNC(=O)CNc1ccc(C#N)cc1Br. The van der Waals surface area contributed by atoms with Gasteiger partial charge >= 0.3 is 0 Å². The molecule has 2 N–H and O–H groups in total. The monoisotopic (exact) mass is 309 g/mol. The lowest BCUT2D eigenvalue weighted by Gasteiger charge is -2.10. The molecule has 18 heavy (non-hydrogen) atoms. The number of nitrogens with zero attached hydrogens (tertiary/aromatic N) is 1. The van der Waals surface area contributed by atoms with E-state index in [1.54, 1.807) is 18.2 Å². The molecule has 5 heteroatoms. The van der Waals surface area contributed by atoms with Gasteiger partial charge in [0.15, 0.2) is 0 Å². The van der Waals surface area contributed by atoms with Crippen molar-refractivity contribution in [3.05, 3.63) is 28.2 Å². The molecule has 1 amide bonds. The first-order chi connectivity index (χ1) is 8.52. The summed E-state index contributed by atoms with van der Waals surface area (Å²) in [6, 6.07) is 7.26. The molecule has 1 rings (SSSR count). The van der Waals surface area contributed by atoms with Gasteiger partial charge in [-0.2, -0.15) is 5.26 Å². The Hall–Kier alpha value is -1.54. The Morgan fingerprint density at radius 3 is 2.78 bits per heavy atom. The molecular formula is C13H16BrN3O. The molecule has 0 aliphatic carbocycles. The van der Waals surface area contributed by atoms with Crippen LogP contribution in [0.5, 0.6) is 0 Å². The van der Waals surface area contributed by atoms with Crippen LogP contribution < -0.4 is 10.6 Å². The van der Waals surface area contributed by atoms with Gasteiger partial charge in [-0.05, 0) is 40.0 Å². The summed E-state index contributed by atoms with van der Waals surface area (Å²) in [4.78, 5) is 11.5. The third-order valence-corrected chi connectivity index (χ3v) is 2.90. The van der Waals surface area contributed by atoms with Crippen molar-refractivity contribution < 1.29 is 4.79 Å². The van der Waals surface area contributed by atoms with Crippen LogP contribution in [-0.2, 0) is 4.79 Å². The van der Waals surface area contributed by atoms with Crippen molar-refractivity contribution in [2.45, 2.75) is 13.8 Å². The van der Waals surface area contributed by atoms with Crippen LogP contribution in [0.25, 0.3) is 0 Å². The first-order valence-electron chi connectivity index (χ1n) is 5.73. The van der Waals surface area contributed by atoms with E-state index in [9.17, 15) is 4.79 Å². The maximum Gasteiger partial charge on any atom is 0.239 e. The first-order valence-corrected chi connectivity index (χ1v) is 6.52. The molecule has 1 aromatic rings. The number of nitrogens with one attached hydrogen (secondary N) is 2. The van der Waals surface area contributed by atoms with Gasteiger partial charge in [0.05, 0.1) is 18.2 Å². The second-order valence-electron chi connectivity index (χ2n) is 4.36. The molecule has 0 saturated heterocycles. The number of amides is 1. The average molecular weight is 310 g/mol. The van der Waals surface area contributed by atoms with Crippen molar-refractivity contribution in [1.82, 2.24) is 5.32 Å². The number of carbonyl (C=O) groups is 1. The summed E-state index contributed by atoms with van der Waals surface area (Å²) in [5, 5.41) is 14.6. The van der Waals surface area contributed by atoms with Gasteiger partial charge in [-0.15, -0.1) is 0 Å². The lowest BCUT2D eigenvalue weighted by molar-refractivity contribution is -0.119. The van der Waals surface area contributed by atoms with Crippen molar-refractivity contribution in [1.29, 1.82) is 5.26 Å². The Bertz CT molecular complexity index is 466. The van der Waals surface area contributed by atoms with E-state index in [1.807, 2.05) is 13.8 Å². The number of anilines is 1. The molecule has 0 saturated carbocycles. The van der Waals surface area contributed by atoms with Gasteiger partial charge in [-0.3, -0.25) is 4.79 Å². The lowest BCUT2D eigenvalue weighted by Crippen LogP contribution is -2.32. The highest BCUT2D eigenvalue weighted by atomic mass is 79.9. The van der Waals surface area contributed by atoms with Gasteiger partial charge in [0.25, 0.3) is 0 Å². The minimum Gasteiger partial charge on any atom is -0.375 e. The molecule has 0 aliphatic heterocycles. The maximum atomic E-state index is 11.5. The van der Waals surface area contributed by atoms with Crippen molar-refractivity contribution in [3.8, 4) is 6.07 Å². The van der Waals surface area contributed by atoms with Crippen molar-refractivity contribution in [3.63, 3.8) is 0 Å². The Morgan fingerprint density at radius 2 is 2.22 bits per heavy atom.